The Morgan fingerprint density at radius 3 is 1.47 bits per heavy atom. The minimum Gasteiger partial charge on any atom is -0.411 e. The van der Waals surface area contributed by atoms with Gasteiger partial charge in [-0.1, -0.05) is 13.8 Å². The molecule has 4 N–H and O–H groups in total. The highest BCUT2D eigenvalue weighted by Gasteiger charge is 2.38. The van der Waals surface area contributed by atoms with Gasteiger partial charge in [-0.05, 0) is 12.8 Å². The molecule has 0 spiro atoms. The Bertz CT molecular complexity index is 282. The summed E-state index contributed by atoms with van der Waals surface area (Å²) in [4.78, 5) is 43.4. The average molecular weight is 290 g/mol. The lowest BCUT2D eigenvalue weighted by Crippen LogP contribution is -2.44. The number of rotatable bonds is 8. The third kappa shape index (κ3) is 6.17. The molecule has 0 rings (SSSR count). The Kier molecular flexibility index (Phi) is 7.89. The standard InChI is InChI=1S/C12H26N2O4Si/c1-5-9(11(15)13-3)7-19(17,18)8-10(6-2)12(16)14-4/h9-10,17-18H,5-8H2,1-4H3,(H,13,15)(H,14,16)/t9-,10-/m1/s1. The average Bonchev–Trinajstić information content (AvgIpc) is 2.40. The quantitative estimate of drug-likeness (QED) is 0.471. The molecule has 7 heteroatoms. The molecule has 6 nitrogen and oxygen atoms in total. The molecule has 112 valence electrons. The highest BCUT2D eigenvalue weighted by Crippen LogP contribution is 2.24. The Morgan fingerprint density at radius 1 is 0.947 bits per heavy atom. The number of carbonyl (C=O) groups is 2. The fourth-order valence-corrected chi connectivity index (χ4v) is 4.82. The molecule has 0 aromatic heterocycles. The number of hydrogen-bond acceptors (Lipinski definition) is 4. The van der Waals surface area contributed by atoms with Gasteiger partial charge in [-0.25, -0.2) is 0 Å². The van der Waals surface area contributed by atoms with Crippen LogP contribution in [-0.4, -0.2) is 44.1 Å². The van der Waals surface area contributed by atoms with Gasteiger partial charge in [0.05, 0.1) is 0 Å². The fourth-order valence-electron chi connectivity index (χ4n) is 2.13. The van der Waals surface area contributed by atoms with Gasteiger partial charge in [-0.3, -0.25) is 9.59 Å². The van der Waals surface area contributed by atoms with Gasteiger partial charge in [0.15, 0.2) is 0 Å². The molecule has 0 aromatic rings. The summed E-state index contributed by atoms with van der Waals surface area (Å²) in [5, 5.41) is 5.04. The molecule has 0 aliphatic carbocycles. The van der Waals surface area contributed by atoms with Crippen molar-refractivity contribution < 1.29 is 19.2 Å². The van der Waals surface area contributed by atoms with Crippen molar-refractivity contribution in [3.05, 3.63) is 0 Å². The smallest absolute Gasteiger partial charge is 0.334 e. The minimum atomic E-state index is -3.55. The first-order chi connectivity index (χ1) is 8.81. The van der Waals surface area contributed by atoms with Crippen molar-refractivity contribution in [3.63, 3.8) is 0 Å². The van der Waals surface area contributed by atoms with E-state index in [2.05, 4.69) is 10.6 Å². The van der Waals surface area contributed by atoms with Gasteiger partial charge in [-0.15, -0.1) is 0 Å². The van der Waals surface area contributed by atoms with E-state index in [1.165, 1.54) is 14.1 Å². The van der Waals surface area contributed by atoms with Gasteiger partial charge in [0.2, 0.25) is 11.8 Å². The first-order valence-corrected chi connectivity index (χ1v) is 9.00. The van der Waals surface area contributed by atoms with Gasteiger partial charge in [0.1, 0.15) is 0 Å². The number of hydrogen-bond donors (Lipinski definition) is 4. The van der Waals surface area contributed by atoms with E-state index in [1.807, 2.05) is 13.8 Å². The summed E-state index contributed by atoms with van der Waals surface area (Å²) >= 11 is 0. The molecule has 2 amide bonds. The van der Waals surface area contributed by atoms with E-state index in [4.69, 9.17) is 0 Å². The van der Waals surface area contributed by atoms with Crippen LogP contribution in [0.15, 0.2) is 0 Å². The zero-order valence-electron chi connectivity index (χ0n) is 12.2. The molecule has 0 bridgehead atoms. The lowest BCUT2D eigenvalue weighted by atomic mass is 10.1. The normalized spacial score (nSPS) is 14.6. The molecule has 0 aliphatic heterocycles. The highest BCUT2D eigenvalue weighted by atomic mass is 28.4. The van der Waals surface area contributed by atoms with E-state index in [0.29, 0.717) is 12.8 Å². The van der Waals surface area contributed by atoms with Crippen LogP contribution in [0.2, 0.25) is 12.1 Å². The summed E-state index contributed by atoms with van der Waals surface area (Å²) in [5.74, 6) is -1.19. The van der Waals surface area contributed by atoms with E-state index in [0.717, 1.165) is 0 Å². The van der Waals surface area contributed by atoms with Crippen LogP contribution < -0.4 is 10.6 Å². The first-order valence-electron chi connectivity index (χ1n) is 6.69. The summed E-state index contributed by atoms with van der Waals surface area (Å²) in [6.45, 7) is 3.67. The largest absolute Gasteiger partial charge is 0.411 e. The Hall–Kier alpha value is -0.923. The van der Waals surface area contributed by atoms with E-state index in [1.54, 1.807) is 0 Å². The molecule has 0 saturated heterocycles. The lowest BCUT2D eigenvalue weighted by molar-refractivity contribution is -0.124. The molecular formula is C12H26N2O4Si. The van der Waals surface area contributed by atoms with Crippen LogP contribution in [0.3, 0.4) is 0 Å². The summed E-state index contributed by atoms with van der Waals surface area (Å²) in [6.07, 6.45) is 1.10. The Labute approximate surface area is 115 Å². The van der Waals surface area contributed by atoms with E-state index >= 15 is 0 Å². The molecule has 0 saturated carbocycles. The van der Waals surface area contributed by atoms with Crippen LogP contribution in [0.1, 0.15) is 26.7 Å². The van der Waals surface area contributed by atoms with Crippen LogP contribution in [-0.2, 0) is 9.59 Å². The second-order valence-electron chi connectivity index (χ2n) is 4.83. The third-order valence-corrected chi connectivity index (χ3v) is 5.66. The number of carbonyl (C=O) groups excluding carboxylic acids is 2. The maximum atomic E-state index is 11.6. The van der Waals surface area contributed by atoms with Crippen LogP contribution in [0.25, 0.3) is 0 Å². The Morgan fingerprint density at radius 2 is 1.26 bits per heavy atom. The fraction of sp³-hybridized carbons (Fsp3) is 0.833. The molecule has 0 radical (unpaired) electrons. The number of amides is 2. The van der Waals surface area contributed by atoms with Crippen LogP contribution in [0, 0.1) is 11.8 Å². The summed E-state index contributed by atoms with van der Waals surface area (Å²) in [5.41, 5.74) is 0. The molecule has 0 unspecified atom stereocenters. The van der Waals surface area contributed by atoms with E-state index in [9.17, 15) is 19.2 Å². The van der Waals surface area contributed by atoms with Crippen LogP contribution in [0.5, 0.6) is 0 Å². The van der Waals surface area contributed by atoms with Crippen molar-refractivity contribution in [1.82, 2.24) is 10.6 Å². The van der Waals surface area contributed by atoms with E-state index in [-0.39, 0.29) is 23.9 Å². The Balaban J connectivity index is 4.67. The second-order valence-corrected chi connectivity index (χ2v) is 7.61. The maximum absolute atomic E-state index is 11.6. The first kappa shape index (κ1) is 18.1. The van der Waals surface area contributed by atoms with Gasteiger partial charge >= 0.3 is 8.56 Å². The van der Waals surface area contributed by atoms with Crippen molar-refractivity contribution >= 4 is 20.4 Å². The topological polar surface area (TPSA) is 98.7 Å². The monoisotopic (exact) mass is 290 g/mol. The van der Waals surface area contributed by atoms with E-state index < -0.39 is 20.4 Å². The van der Waals surface area contributed by atoms with Crippen molar-refractivity contribution in [2.75, 3.05) is 14.1 Å². The van der Waals surface area contributed by atoms with Crippen LogP contribution in [0.4, 0.5) is 0 Å². The number of nitrogens with one attached hydrogen (secondary N) is 2. The molecular weight excluding hydrogens is 264 g/mol. The SMILES string of the molecule is CC[C@H](C[Si](O)(O)C[C@@H](CC)C(=O)NC)C(=O)NC. The van der Waals surface area contributed by atoms with Crippen molar-refractivity contribution in [2.45, 2.75) is 38.8 Å². The highest BCUT2D eigenvalue weighted by molar-refractivity contribution is 6.65. The molecule has 0 aromatic carbocycles. The maximum Gasteiger partial charge on any atom is 0.334 e. The second kappa shape index (κ2) is 8.29. The predicted octanol–water partition coefficient (Wildman–Crippen LogP) is -0.0424. The van der Waals surface area contributed by atoms with Gasteiger partial charge in [0, 0.05) is 38.0 Å². The molecule has 0 heterocycles. The zero-order chi connectivity index (χ0) is 15.1. The van der Waals surface area contributed by atoms with Crippen molar-refractivity contribution in [1.29, 1.82) is 0 Å². The summed E-state index contributed by atoms with van der Waals surface area (Å²) < 4.78 is 0. The zero-order valence-corrected chi connectivity index (χ0v) is 13.2. The minimum absolute atomic E-state index is 0.0661. The lowest BCUT2D eigenvalue weighted by Gasteiger charge is -2.25. The summed E-state index contributed by atoms with van der Waals surface area (Å²) in [7, 11) is -0.491. The van der Waals surface area contributed by atoms with Gasteiger partial charge in [0.25, 0.3) is 0 Å². The predicted molar refractivity (Wildman–Crippen MR) is 75.5 cm³/mol. The van der Waals surface area contributed by atoms with Gasteiger partial charge < -0.3 is 20.2 Å². The molecule has 0 fully saturated rings. The van der Waals surface area contributed by atoms with Crippen molar-refractivity contribution in [3.8, 4) is 0 Å². The van der Waals surface area contributed by atoms with Gasteiger partial charge in [-0.2, -0.15) is 0 Å². The summed E-state index contributed by atoms with van der Waals surface area (Å²) in [6, 6.07) is 0.132. The van der Waals surface area contributed by atoms with Crippen LogP contribution >= 0.6 is 0 Å². The molecule has 19 heavy (non-hydrogen) atoms. The third-order valence-electron chi connectivity index (χ3n) is 3.37. The molecule has 0 aliphatic rings. The van der Waals surface area contributed by atoms with Crippen molar-refractivity contribution in [2.24, 2.45) is 11.8 Å². The molecule has 2 atom stereocenters.